The quantitative estimate of drug-likeness (QED) is 0.363. The van der Waals surface area contributed by atoms with Crippen molar-refractivity contribution in [1.29, 1.82) is 0 Å². The molecule has 1 aromatic heterocycles. The summed E-state index contributed by atoms with van der Waals surface area (Å²) < 4.78 is 24.4. The van der Waals surface area contributed by atoms with E-state index in [1.54, 1.807) is 30.3 Å². The number of pyridine rings is 1. The molecule has 2 amide bonds. The number of rotatable bonds is 13. The van der Waals surface area contributed by atoms with Gasteiger partial charge in [0.2, 0.25) is 11.8 Å². The van der Waals surface area contributed by atoms with Crippen molar-refractivity contribution < 1.29 is 27.5 Å². The number of methoxy groups -OCH3 is 1. The smallest absolute Gasteiger partial charge is 0.325 e. The molecule has 0 aliphatic rings. The van der Waals surface area contributed by atoms with Crippen LogP contribution in [0, 0.1) is 6.92 Å². The van der Waals surface area contributed by atoms with Gasteiger partial charge < -0.3 is 19.6 Å². The van der Waals surface area contributed by atoms with Gasteiger partial charge in [-0.3, -0.25) is 19.4 Å². The molecule has 10 nitrogen and oxygen atoms in total. The molecule has 0 fully saturated rings. The van der Waals surface area contributed by atoms with Crippen molar-refractivity contribution in [3.05, 3.63) is 59.9 Å². The van der Waals surface area contributed by atoms with E-state index in [9.17, 15) is 18.6 Å². The number of aryl methyl sites for hydroxylation is 2. The number of carbonyl (C=O) groups is 3. The summed E-state index contributed by atoms with van der Waals surface area (Å²) in [5.74, 6) is -1.15. The highest BCUT2D eigenvalue weighted by molar-refractivity contribution is 7.78. The SMILES string of the molecule is COC(=O)C(CNC(=O)CNC(=O)CCCc1cccc(C)n1)NS(=O)Oc1ccccc1. The number of nitrogens with one attached hydrogen (secondary N) is 3. The number of hydrogen-bond donors (Lipinski definition) is 3. The second kappa shape index (κ2) is 14.0. The van der Waals surface area contributed by atoms with Crippen molar-refractivity contribution in [3.8, 4) is 5.75 Å². The average molecular weight is 477 g/mol. The maximum Gasteiger partial charge on any atom is 0.325 e. The van der Waals surface area contributed by atoms with E-state index in [-0.39, 0.29) is 25.4 Å². The summed E-state index contributed by atoms with van der Waals surface area (Å²) in [6, 6.07) is 13.0. The highest BCUT2D eigenvalue weighted by atomic mass is 32.2. The molecule has 0 aliphatic heterocycles. The molecule has 11 heteroatoms. The van der Waals surface area contributed by atoms with Crippen LogP contribution >= 0.6 is 0 Å². The van der Waals surface area contributed by atoms with E-state index in [4.69, 9.17) is 4.18 Å². The average Bonchev–Trinajstić information content (AvgIpc) is 2.80. The number of carbonyl (C=O) groups excluding carboxylic acids is 3. The molecule has 178 valence electrons. The van der Waals surface area contributed by atoms with Crippen molar-refractivity contribution in [3.63, 3.8) is 0 Å². The number of benzene rings is 1. The van der Waals surface area contributed by atoms with E-state index in [2.05, 4.69) is 25.1 Å². The molecule has 3 N–H and O–H groups in total. The van der Waals surface area contributed by atoms with E-state index in [0.29, 0.717) is 18.6 Å². The van der Waals surface area contributed by atoms with Crippen LogP contribution in [0.3, 0.4) is 0 Å². The molecular formula is C22H28N4O6S. The molecule has 0 saturated carbocycles. The number of aromatic nitrogens is 1. The van der Waals surface area contributed by atoms with Gasteiger partial charge >= 0.3 is 5.97 Å². The summed E-state index contributed by atoms with van der Waals surface area (Å²) in [5.41, 5.74) is 1.83. The number of hydrogen-bond acceptors (Lipinski definition) is 7. The van der Waals surface area contributed by atoms with Crippen LogP contribution in [-0.4, -0.2) is 53.2 Å². The van der Waals surface area contributed by atoms with E-state index in [0.717, 1.165) is 11.4 Å². The van der Waals surface area contributed by atoms with Gasteiger partial charge in [-0.1, -0.05) is 24.3 Å². The summed E-state index contributed by atoms with van der Waals surface area (Å²) in [6.07, 6.45) is 1.52. The molecule has 2 atom stereocenters. The zero-order valence-corrected chi connectivity index (χ0v) is 19.4. The fourth-order valence-corrected chi connectivity index (χ4v) is 3.48. The zero-order valence-electron chi connectivity index (χ0n) is 18.5. The van der Waals surface area contributed by atoms with Crippen molar-refractivity contribution in [2.24, 2.45) is 0 Å². The van der Waals surface area contributed by atoms with E-state index < -0.39 is 29.2 Å². The van der Waals surface area contributed by atoms with Crippen LogP contribution in [0.15, 0.2) is 48.5 Å². The second-order valence-corrected chi connectivity index (χ2v) is 7.90. The normalized spacial score (nSPS) is 12.3. The Bertz CT molecular complexity index is 957. The first-order valence-electron chi connectivity index (χ1n) is 10.3. The van der Waals surface area contributed by atoms with Crippen LogP contribution in [0.2, 0.25) is 0 Å². The third-order valence-corrected chi connectivity index (χ3v) is 5.19. The predicted octanol–water partition coefficient (Wildman–Crippen LogP) is 0.734. The fraction of sp³-hybridized carbons (Fsp3) is 0.364. The summed E-state index contributed by atoms with van der Waals surface area (Å²) in [7, 11) is 1.17. The standard InChI is InChI=1S/C22H28N4O6S/c1-16-8-6-9-17(25-16)10-7-13-20(27)24-15-21(28)23-14-19(22(29)31-2)26-33(30)32-18-11-4-3-5-12-18/h3-6,8-9,11-12,19,26H,7,10,13-15H2,1-2H3,(H,23,28)(H,24,27). The maximum atomic E-state index is 12.1. The Morgan fingerprint density at radius 1 is 1.03 bits per heavy atom. The zero-order chi connectivity index (χ0) is 24.1. The van der Waals surface area contributed by atoms with Gasteiger partial charge in [0.1, 0.15) is 11.8 Å². The molecular weight excluding hydrogens is 448 g/mol. The third kappa shape index (κ3) is 10.2. The van der Waals surface area contributed by atoms with Gasteiger partial charge in [-0.05, 0) is 44.0 Å². The van der Waals surface area contributed by atoms with Gasteiger partial charge in [-0.2, -0.15) is 8.93 Å². The van der Waals surface area contributed by atoms with Gasteiger partial charge in [0.05, 0.1) is 13.7 Å². The molecule has 1 heterocycles. The highest BCUT2D eigenvalue weighted by Gasteiger charge is 2.23. The molecule has 2 unspecified atom stereocenters. The number of ether oxygens (including phenoxy) is 1. The Morgan fingerprint density at radius 3 is 2.48 bits per heavy atom. The van der Waals surface area contributed by atoms with Crippen LogP contribution in [0.1, 0.15) is 24.2 Å². The van der Waals surface area contributed by atoms with Crippen LogP contribution < -0.4 is 19.5 Å². The van der Waals surface area contributed by atoms with Crippen molar-refractivity contribution in [2.75, 3.05) is 20.2 Å². The van der Waals surface area contributed by atoms with Gasteiger partial charge in [0.15, 0.2) is 0 Å². The fourth-order valence-electron chi connectivity index (χ4n) is 2.73. The highest BCUT2D eigenvalue weighted by Crippen LogP contribution is 2.09. The number of para-hydroxylation sites is 1. The molecule has 0 aliphatic carbocycles. The summed E-state index contributed by atoms with van der Waals surface area (Å²) >= 11 is -2.05. The lowest BCUT2D eigenvalue weighted by Crippen LogP contribution is -2.49. The Hall–Kier alpha value is -3.31. The molecule has 33 heavy (non-hydrogen) atoms. The predicted molar refractivity (Wildman–Crippen MR) is 122 cm³/mol. The Labute approximate surface area is 195 Å². The van der Waals surface area contributed by atoms with E-state index >= 15 is 0 Å². The van der Waals surface area contributed by atoms with Crippen molar-refractivity contribution in [2.45, 2.75) is 32.2 Å². The summed E-state index contributed by atoms with van der Waals surface area (Å²) in [5, 5.41) is 5.02. The minimum atomic E-state index is -2.05. The van der Waals surface area contributed by atoms with Gasteiger partial charge in [0, 0.05) is 24.4 Å². The van der Waals surface area contributed by atoms with Crippen molar-refractivity contribution >= 4 is 29.1 Å². The van der Waals surface area contributed by atoms with E-state index in [1.165, 1.54) is 7.11 Å². The lowest BCUT2D eigenvalue weighted by Gasteiger charge is -2.16. The first kappa shape index (κ1) is 25.9. The first-order chi connectivity index (χ1) is 15.9. The lowest BCUT2D eigenvalue weighted by molar-refractivity contribution is -0.142. The van der Waals surface area contributed by atoms with Gasteiger partial charge in [0.25, 0.3) is 11.3 Å². The third-order valence-electron chi connectivity index (χ3n) is 4.37. The molecule has 2 aromatic rings. The molecule has 0 bridgehead atoms. The van der Waals surface area contributed by atoms with Crippen molar-refractivity contribution in [1.82, 2.24) is 20.3 Å². The van der Waals surface area contributed by atoms with Crippen LogP contribution in [0.4, 0.5) is 0 Å². The van der Waals surface area contributed by atoms with Gasteiger partial charge in [-0.15, -0.1) is 0 Å². The van der Waals surface area contributed by atoms with Crippen LogP contribution in [0.25, 0.3) is 0 Å². The largest absolute Gasteiger partial charge is 0.468 e. The topological polar surface area (TPSA) is 136 Å². The molecule has 0 spiro atoms. The first-order valence-corrected chi connectivity index (χ1v) is 11.4. The number of amides is 2. The molecule has 2 rings (SSSR count). The Balaban J connectivity index is 1.70. The minimum Gasteiger partial charge on any atom is -0.468 e. The van der Waals surface area contributed by atoms with Crippen LogP contribution in [-0.2, 0) is 36.8 Å². The monoisotopic (exact) mass is 476 g/mol. The minimum absolute atomic E-state index is 0.204. The van der Waals surface area contributed by atoms with Crippen LogP contribution in [0.5, 0.6) is 5.75 Å². The van der Waals surface area contributed by atoms with Gasteiger partial charge in [-0.25, -0.2) is 0 Å². The summed E-state index contributed by atoms with van der Waals surface area (Å²) in [4.78, 5) is 40.3. The molecule has 0 saturated heterocycles. The summed E-state index contributed by atoms with van der Waals surface area (Å²) in [6.45, 7) is 1.45. The molecule has 1 aromatic carbocycles. The molecule has 0 radical (unpaired) electrons. The number of esters is 1. The lowest BCUT2D eigenvalue weighted by atomic mass is 10.1. The maximum absolute atomic E-state index is 12.1. The Morgan fingerprint density at radius 2 is 1.79 bits per heavy atom. The second-order valence-electron chi connectivity index (χ2n) is 7.03. The number of nitrogens with zero attached hydrogens (tertiary/aromatic N) is 1. The van der Waals surface area contributed by atoms with E-state index in [1.807, 2.05) is 25.1 Å². The Kier molecular flexibility index (Phi) is 11.0.